The SMILES string of the molecule is CCC(CC)NC(c1ccccc1)c1ccc(C)cc1C. The van der Waals surface area contributed by atoms with Crippen molar-refractivity contribution in [2.45, 2.75) is 52.6 Å². The first-order valence-electron chi connectivity index (χ1n) is 8.03. The second-order valence-corrected chi connectivity index (χ2v) is 5.88. The third kappa shape index (κ3) is 3.95. The molecular formula is C20H27N. The lowest BCUT2D eigenvalue weighted by Gasteiger charge is -2.26. The molecule has 0 aliphatic carbocycles. The molecule has 2 rings (SSSR count). The van der Waals surface area contributed by atoms with Crippen LogP contribution in [0.25, 0.3) is 0 Å². The van der Waals surface area contributed by atoms with Gasteiger partial charge in [-0.3, -0.25) is 0 Å². The van der Waals surface area contributed by atoms with Gasteiger partial charge in [0.1, 0.15) is 0 Å². The second kappa shape index (κ2) is 7.42. The van der Waals surface area contributed by atoms with Gasteiger partial charge in [0, 0.05) is 6.04 Å². The molecule has 2 aromatic carbocycles. The van der Waals surface area contributed by atoms with Crippen LogP contribution in [0.1, 0.15) is 55.0 Å². The van der Waals surface area contributed by atoms with Crippen molar-refractivity contribution >= 4 is 0 Å². The zero-order valence-corrected chi connectivity index (χ0v) is 13.7. The lowest BCUT2D eigenvalue weighted by atomic mass is 9.92. The number of hydrogen-bond donors (Lipinski definition) is 1. The Morgan fingerprint density at radius 1 is 0.905 bits per heavy atom. The first-order valence-corrected chi connectivity index (χ1v) is 8.03. The van der Waals surface area contributed by atoms with Gasteiger partial charge in [0.25, 0.3) is 0 Å². The minimum absolute atomic E-state index is 0.275. The van der Waals surface area contributed by atoms with Crippen LogP contribution in [0.2, 0.25) is 0 Å². The van der Waals surface area contributed by atoms with E-state index in [0.29, 0.717) is 6.04 Å². The van der Waals surface area contributed by atoms with E-state index in [1.54, 1.807) is 0 Å². The van der Waals surface area contributed by atoms with Crippen LogP contribution < -0.4 is 5.32 Å². The van der Waals surface area contributed by atoms with Gasteiger partial charge in [0.05, 0.1) is 6.04 Å². The summed E-state index contributed by atoms with van der Waals surface area (Å²) in [7, 11) is 0. The van der Waals surface area contributed by atoms with E-state index in [-0.39, 0.29) is 6.04 Å². The molecule has 0 saturated carbocycles. The summed E-state index contributed by atoms with van der Waals surface area (Å²) in [5.41, 5.74) is 5.42. The molecule has 1 nitrogen and oxygen atoms in total. The van der Waals surface area contributed by atoms with Crippen molar-refractivity contribution in [2.24, 2.45) is 0 Å². The molecule has 0 aliphatic rings. The van der Waals surface area contributed by atoms with Crippen molar-refractivity contribution in [1.29, 1.82) is 0 Å². The van der Waals surface area contributed by atoms with E-state index in [0.717, 1.165) is 12.8 Å². The predicted molar refractivity (Wildman–Crippen MR) is 91.7 cm³/mol. The van der Waals surface area contributed by atoms with Gasteiger partial charge in [0.15, 0.2) is 0 Å². The normalized spacial score (nSPS) is 12.6. The van der Waals surface area contributed by atoms with Crippen molar-refractivity contribution < 1.29 is 0 Å². The Kier molecular flexibility index (Phi) is 5.58. The molecule has 112 valence electrons. The Balaban J connectivity index is 2.40. The molecule has 2 aromatic rings. The van der Waals surface area contributed by atoms with E-state index in [4.69, 9.17) is 0 Å². The van der Waals surface area contributed by atoms with Crippen LogP contribution in [0.4, 0.5) is 0 Å². The summed E-state index contributed by atoms with van der Waals surface area (Å²) in [6.07, 6.45) is 2.31. The molecule has 0 heterocycles. The maximum atomic E-state index is 3.85. The lowest BCUT2D eigenvalue weighted by molar-refractivity contribution is 0.446. The van der Waals surface area contributed by atoms with Crippen LogP contribution in [-0.2, 0) is 0 Å². The summed E-state index contributed by atoms with van der Waals surface area (Å²) in [6, 6.07) is 18.4. The monoisotopic (exact) mass is 281 g/mol. The van der Waals surface area contributed by atoms with Gasteiger partial charge in [-0.05, 0) is 43.4 Å². The average molecular weight is 281 g/mol. The Hall–Kier alpha value is -1.60. The highest BCUT2D eigenvalue weighted by Gasteiger charge is 2.18. The van der Waals surface area contributed by atoms with Gasteiger partial charge < -0.3 is 5.32 Å². The highest BCUT2D eigenvalue weighted by atomic mass is 14.9. The van der Waals surface area contributed by atoms with Gasteiger partial charge >= 0.3 is 0 Å². The van der Waals surface area contributed by atoms with Gasteiger partial charge in [-0.15, -0.1) is 0 Å². The number of benzene rings is 2. The van der Waals surface area contributed by atoms with E-state index in [1.165, 1.54) is 22.3 Å². The molecule has 0 radical (unpaired) electrons. The topological polar surface area (TPSA) is 12.0 Å². The van der Waals surface area contributed by atoms with E-state index >= 15 is 0 Å². The van der Waals surface area contributed by atoms with Crippen molar-refractivity contribution in [3.05, 3.63) is 70.8 Å². The average Bonchev–Trinajstić information content (AvgIpc) is 2.50. The van der Waals surface area contributed by atoms with Gasteiger partial charge in [-0.1, -0.05) is 67.9 Å². The molecule has 21 heavy (non-hydrogen) atoms. The smallest absolute Gasteiger partial charge is 0.0581 e. The quantitative estimate of drug-likeness (QED) is 0.770. The largest absolute Gasteiger partial charge is 0.303 e. The van der Waals surface area contributed by atoms with Crippen molar-refractivity contribution in [2.75, 3.05) is 0 Å². The molecule has 0 spiro atoms. The molecule has 0 saturated heterocycles. The van der Waals surface area contributed by atoms with Crippen LogP contribution in [-0.4, -0.2) is 6.04 Å². The van der Waals surface area contributed by atoms with Gasteiger partial charge in [-0.2, -0.15) is 0 Å². The molecular weight excluding hydrogens is 254 g/mol. The first kappa shape index (κ1) is 15.8. The summed E-state index contributed by atoms with van der Waals surface area (Å²) in [4.78, 5) is 0. The summed E-state index contributed by atoms with van der Waals surface area (Å²) < 4.78 is 0. The second-order valence-electron chi connectivity index (χ2n) is 5.88. The summed E-state index contributed by atoms with van der Waals surface area (Å²) >= 11 is 0. The standard InChI is InChI=1S/C20H27N/c1-5-18(6-2)21-20(17-10-8-7-9-11-17)19-13-12-15(3)14-16(19)4/h7-14,18,20-21H,5-6H2,1-4H3. The van der Waals surface area contributed by atoms with E-state index in [9.17, 15) is 0 Å². The predicted octanol–water partition coefficient (Wildman–Crippen LogP) is 5.17. The summed E-state index contributed by atoms with van der Waals surface area (Å²) in [6.45, 7) is 8.88. The highest BCUT2D eigenvalue weighted by Crippen LogP contribution is 2.26. The third-order valence-electron chi connectivity index (χ3n) is 4.26. The van der Waals surface area contributed by atoms with Crippen LogP contribution in [0.5, 0.6) is 0 Å². The number of aryl methyl sites for hydroxylation is 2. The fraction of sp³-hybridized carbons (Fsp3) is 0.400. The minimum atomic E-state index is 0.275. The minimum Gasteiger partial charge on any atom is -0.303 e. The zero-order valence-electron chi connectivity index (χ0n) is 13.7. The third-order valence-corrected chi connectivity index (χ3v) is 4.26. The molecule has 0 aromatic heterocycles. The molecule has 1 atom stereocenters. The molecule has 0 amide bonds. The Morgan fingerprint density at radius 3 is 2.14 bits per heavy atom. The Bertz CT molecular complexity index is 555. The molecule has 0 aliphatic heterocycles. The highest BCUT2D eigenvalue weighted by molar-refractivity contribution is 5.39. The number of rotatable bonds is 6. The van der Waals surface area contributed by atoms with Crippen LogP contribution in [0.15, 0.2) is 48.5 Å². The molecule has 1 N–H and O–H groups in total. The summed E-state index contributed by atoms with van der Waals surface area (Å²) in [5.74, 6) is 0. The van der Waals surface area contributed by atoms with Crippen molar-refractivity contribution in [3.8, 4) is 0 Å². The molecule has 0 fully saturated rings. The maximum absolute atomic E-state index is 3.85. The first-order chi connectivity index (χ1) is 10.2. The van der Waals surface area contributed by atoms with Crippen LogP contribution in [0, 0.1) is 13.8 Å². The Labute approximate surface area is 129 Å². The van der Waals surface area contributed by atoms with Crippen LogP contribution in [0.3, 0.4) is 0 Å². The zero-order chi connectivity index (χ0) is 15.2. The van der Waals surface area contributed by atoms with Gasteiger partial charge in [0.2, 0.25) is 0 Å². The fourth-order valence-corrected chi connectivity index (χ4v) is 2.92. The Morgan fingerprint density at radius 2 is 1.57 bits per heavy atom. The molecule has 1 heteroatoms. The maximum Gasteiger partial charge on any atom is 0.0581 e. The van der Waals surface area contributed by atoms with E-state index in [1.807, 2.05) is 0 Å². The van der Waals surface area contributed by atoms with Crippen molar-refractivity contribution in [3.63, 3.8) is 0 Å². The number of hydrogen-bond acceptors (Lipinski definition) is 1. The van der Waals surface area contributed by atoms with Crippen LogP contribution >= 0.6 is 0 Å². The van der Waals surface area contributed by atoms with E-state index in [2.05, 4.69) is 81.5 Å². The number of nitrogens with one attached hydrogen (secondary N) is 1. The fourth-order valence-electron chi connectivity index (χ4n) is 2.92. The van der Waals surface area contributed by atoms with Gasteiger partial charge in [-0.25, -0.2) is 0 Å². The lowest BCUT2D eigenvalue weighted by Crippen LogP contribution is -2.33. The molecule has 0 bridgehead atoms. The van der Waals surface area contributed by atoms with Crippen molar-refractivity contribution in [1.82, 2.24) is 5.32 Å². The summed E-state index contributed by atoms with van der Waals surface area (Å²) in [5, 5.41) is 3.85. The molecule has 1 unspecified atom stereocenters. The van der Waals surface area contributed by atoms with E-state index < -0.39 is 0 Å².